The monoisotopic (exact) mass is 435 g/mol. The van der Waals surface area contributed by atoms with Gasteiger partial charge in [0.2, 0.25) is 16.0 Å². The highest BCUT2D eigenvalue weighted by molar-refractivity contribution is 7.89. The van der Waals surface area contributed by atoms with E-state index in [4.69, 9.17) is 24.4 Å². The van der Waals surface area contributed by atoms with Gasteiger partial charge in [0, 0.05) is 18.3 Å². The lowest BCUT2D eigenvalue weighted by Gasteiger charge is -2.13. The van der Waals surface area contributed by atoms with E-state index in [0.29, 0.717) is 34.1 Å². The Balaban J connectivity index is 2.03. The fourth-order valence-electron chi connectivity index (χ4n) is 2.57. The van der Waals surface area contributed by atoms with Gasteiger partial charge in [-0.3, -0.25) is 10.1 Å². The second-order valence-electron chi connectivity index (χ2n) is 6.01. The van der Waals surface area contributed by atoms with Crippen molar-refractivity contribution >= 4 is 22.1 Å². The Bertz CT molecular complexity index is 979. The highest BCUT2D eigenvalue weighted by Gasteiger charge is 2.14. The van der Waals surface area contributed by atoms with Crippen LogP contribution in [0.1, 0.15) is 11.1 Å². The van der Waals surface area contributed by atoms with Crippen LogP contribution in [0.25, 0.3) is 6.08 Å². The maximum atomic E-state index is 12.3. The number of ether oxygens (including phenoxy) is 4. The molecule has 0 aliphatic heterocycles. The van der Waals surface area contributed by atoms with Crippen LogP contribution in [0.5, 0.6) is 23.0 Å². The van der Waals surface area contributed by atoms with Gasteiger partial charge in [0.25, 0.3) is 0 Å². The molecule has 0 aliphatic rings. The van der Waals surface area contributed by atoms with Gasteiger partial charge in [0.1, 0.15) is 23.0 Å². The molecule has 0 atom stereocenters. The molecule has 0 radical (unpaired) electrons. The Hall–Kier alpha value is -3.40. The van der Waals surface area contributed by atoms with Crippen LogP contribution in [0.3, 0.4) is 0 Å². The molecule has 0 aliphatic carbocycles. The van der Waals surface area contributed by atoms with Crippen LogP contribution in [-0.2, 0) is 15.8 Å². The Morgan fingerprint density at radius 2 is 1.50 bits per heavy atom. The number of hydrogen-bond donors (Lipinski definition) is 3. The molecule has 2 aromatic rings. The van der Waals surface area contributed by atoms with E-state index in [2.05, 4.69) is 10.0 Å². The molecule has 162 valence electrons. The molecule has 3 N–H and O–H groups in total. The number of nitrogens with one attached hydrogen (secondary N) is 3. The molecule has 0 bridgehead atoms. The molecular weight excluding hydrogens is 410 g/mol. The van der Waals surface area contributed by atoms with Gasteiger partial charge < -0.3 is 24.3 Å². The average molecular weight is 436 g/mol. The highest BCUT2D eigenvalue weighted by atomic mass is 32.2. The molecule has 0 aromatic heterocycles. The molecule has 0 unspecified atom stereocenters. The Morgan fingerprint density at radius 1 is 0.933 bits per heavy atom. The van der Waals surface area contributed by atoms with Crippen molar-refractivity contribution in [1.29, 1.82) is 5.41 Å². The minimum Gasteiger partial charge on any atom is -0.497 e. The Kier molecular flexibility index (Phi) is 7.93. The summed E-state index contributed by atoms with van der Waals surface area (Å²) in [5, 5.41) is 10.4. The minimum atomic E-state index is -3.76. The van der Waals surface area contributed by atoms with E-state index < -0.39 is 16.0 Å². The maximum Gasteiger partial charge on any atom is 0.239 e. The molecule has 0 saturated carbocycles. The quantitative estimate of drug-likeness (QED) is 0.409. The second-order valence-corrected chi connectivity index (χ2v) is 7.73. The highest BCUT2D eigenvalue weighted by Crippen LogP contribution is 2.34. The SMILES string of the molecule is COc1ccc(CS(=O)(=O)NC(=N)N/C=C/c2c(OC)cc(OC)cc2OC)cc1. The van der Waals surface area contributed by atoms with Gasteiger partial charge in [-0.15, -0.1) is 0 Å². The standard InChI is InChI=1S/C20H25N3O6S/c1-26-15-7-5-14(6-8-15)13-30(24,25)23-20(21)22-10-9-17-18(28-3)11-16(27-2)12-19(17)29-4/h5-12H,13H2,1-4H3,(H3,21,22,23)/b10-9+. The normalized spacial score (nSPS) is 11.1. The van der Waals surface area contributed by atoms with E-state index in [1.807, 2.05) is 0 Å². The first-order valence-corrected chi connectivity index (χ1v) is 10.4. The first-order chi connectivity index (χ1) is 14.3. The summed E-state index contributed by atoms with van der Waals surface area (Å²) in [4.78, 5) is 0. The van der Waals surface area contributed by atoms with Gasteiger partial charge in [0.15, 0.2) is 0 Å². The third kappa shape index (κ3) is 6.31. The topological polar surface area (TPSA) is 119 Å². The van der Waals surface area contributed by atoms with E-state index in [1.54, 1.807) is 42.5 Å². The van der Waals surface area contributed by atoms with Crippen molar-refractivity contribution in [2.75, 3.05) is 28.4 Å². The van der Waals surface area contributed by atoms with Gasteiger partial charge in [-0.1, -0.05) is 12.1 Å². The summed E-state index contributed by atoms with van der Waals surface area (Å²) in [5.74, 6) is 1.52. The van der Waals surface area contributed by atoms with Gasteiger partial charge >= 0.3 is 0 Å². The molecule has 30 heavy (non-hydrogen) atoms. The van der Waals surface area contributed by atoms with Gasteiger partial charge in [0.05, 0.1) is 39.8 Å². The van der Waals surface area contributed by atoms with Crippen LogP contribution in [0.15, 0.2) is 42.6 Å². The van der Waals surface area contributed by atoms with Crippen LogP contribution >= 0.6 is 0 Å². The number of benzene rings is 2. The van der Waals surface area contributed by atoms with Crippen molar-refractivity contribution in [3.63, 3.8) is 0 Å². The predicted octanol–water partition coefficient (Wildman–Crippen LogP) is 2.34. The maximum absolute atomic E-state index is 12.3. The Morgan fingerprint density at radius 3 is 2.00 bits per heavy atom. The first-order valence-electron chi connectivity index (χ1n) is 8.77. The summed E-state index contributed by atoms with van der Waals surface area (Å²) in [6.45, 7) is 0. The average Bonchev–Trinajstić information content (AvgIpc) is 2.73. The van der Waals surface area contributed by atoms with Crippen molar-refractivity contribution in [2.24, 2.45) is 0 Å². The number of methoxy groups -OCH3 is 4. The fourth-order valence-corrected chi connectivity index (χ4v) is 3.64. The lowest BCUT2D eigenvalue weighted by molar-refractivity contribution is 0.374. The lowest BCUT2D eigenvalue weighted by Crippen LogP contribution is -2.38. The zero-order valence-electron chi connectivity index (χ0n) is 17.2. The smallest absolute Gasteiger partial charge is 0.239 e. The van der Waals surface area contributed by atoms with Gasteiger partial charge in [-0.05, 0) is 23.8 Å². The van der Waals surface area contributed by atoms with Crippen molar-refractivity contribution in [1.82, 2.24) is 10.0 Å². The van der Waals surface area contributed by atoms with Gasteiger partial charge in [-0.2, -0.15) is 0 Å². The van der Waals surface area contributed by atoms with E-state index in [0.717, 1.165) is 0 Å². The number of rotatable bonds is 9. The van der Waals surface area contributed by atoms with Gasteiger partial charge in [-0.25, -0.2) is 8.42 Å². The van der Waals surface area contributed by atoms with E-state index in [-0.39, 0.29) is 5.75 Å². The first kappa shape index (κ1) is 22.9. The van der Waals surface area contributed by atoms with E-state index >= 15 is 0 Å². The number of sulfonamides is 1. The molecule has 2 rings (SSSR count). The number of hydrogen-bond acceptors (Lipinski definition) is 7. The molecule has 0 heterocycles. The molecule has 9 nitrogen and oxygen atoms in total. The van der Waals surface area contributed by atoms with E-state index in [1.165, 1.54) is 34.6 Å². The molecule has 10 heteroatoms. The molecule has 0 amide bonds. The molecule has 2 aromatic carbocycles. The zero-order valence-corrected chi connectivity index (χ0v) is 18.0. The van der Waals surface area contributed by atoms with Crippen molar-refractivity contribution in [3.8, 4) is 23.0 Å². The lowest BCUT2D eigenvalue weighted by atomic mass is 10.1. The number of guanidine groups is 1. The molecule has 0 spiro atoms. The third-order valence-corrected chi connectivity index (χ3v) is 5.23. The van der Waals surface area contributed by atoms with Crippen molar-refractivity contribution in [3.05, 3.63) is 53.7 Å². The van der Waals surface area contributed by atoms with Crippen molar-refractivity contribution in [2.45, 2.75) is 5.75 Å². The summed E-state index contributed by atoms with van der Waals surface area (Å²) >= 11 is 0. The summed E-state index contributed by atoms with van der Waals surface area (Å²) in [6, 6.07) is 10.0. The summed E-state index contributed by atoms with van der Waals surface area (Å²) in [6.07, 6.45) is 3.01. The van der Waals surface area contributed by atoms with Crippen LogP contribution in [0.2, 0.25) is 0 Å². The van der Waals surface area contributed by atoms with Crippen LogP contribution in [-0.4, -0.2) is 42.8 Å². The summed E-state index contributed by atoms with van der Waals surface area (Å²) in [7, 11) is 2.32. The minimum absolute atomic E-state index is 0.273. The molecule has 0 saturated heterocycles. The molecular formula is C20H25N3O6S. The second kappa shape index (κ2) is 10.4. The Labute approximate surface area is 176 Å². The summed E-state index contributed by atoms with van der Waals surface area (Å²) in [5.41, 5.74) is 1.17. The predicted molar refractivity (Wildman–Crippen MR) is 115 cm³/mol. The van der Waals surface area contributed by atoms with Crippen LogP contribution < -0.4 is 29.0 Å². The van der Waals surface area contributed by atoms with Crippen LogP contribution in [0, 0.1) is 5.41 Å². The largest absolute Gasteiger partial charge is 0.497 e. The molecule has 0 fully saturated rings. The summed E-state index contributed by atoms with van der Waals surface area (Å²) < 4.78 is 47.6. The van der Waals surface area contributed by atoms with Crippen LogP contribution in [0.4, 0.5) is 0 Å². The van der Waals surface area contributed by atoms with Crippen molar-refractivity contribution < 1.29 is 27.4 Å². The zero-order chi connectivity index (χ0) is 22.1. The fraction of sp³-hybridized carbons (Fsp3) is 0.250. The third-order valence-electron chi connectivity index (χ3n) is 4.00. The van der Waals surface area contributed by atoms with E-state index in [9.17, 15) is 8.42 Å².